The number of halogens is 2. The van der Waals surface area contributed by atoms with E-state index >= 15 is 0 Å². The highest BCUT2D eigenvalue weighted by Crippen LogP contribution is 2.32. The average molecular weight is 371 g/mol. The molecule has 1 aliphatic heterocycles. The largest absolute Gasteiger partial charge is 0.492 e. The van der Waals surface area contributed by atoms with Gasteiger partial charge in [-0.1, -0.05) is 0 Å². The van der Waals surface area contributed by atoms with Crippen molar-refractivity contribution < 1.29 is 31.4 Å². The molecular formula is C16H15F2NO5S. The van der Waals surface area contributed by atoms with Gasteiger partial charge >= 0.3 is 0 Å². The van der Waals surface area contributed by atoms with Crippen LogP contribution in [0.5, 0.6) is 17.2 Å². The number of nitrogens with one attached hydrogen (secondary N) is 1. The molecule has 3 rings (SSSR count). The van der Waals surface area contributed by atoms with Crippen LogP contribution in [0.4, 0.5) is 8.78 Å². The summed E-state index contributed by atoms with van der Waals surface area (Å²) in [7, 11) is -3.76. The number of ether oxygens (including phenoxy) is 3. The van der Waals surface area contributed by atoms with Crippen molar-refractivity contribution >= 4 is 10.0 Å². The molecule has 0 aromatic heterocycles. The Bertz CT molecular complexity index is 873. The number of hydrogen-bond acceptors (Lipinski definition) is 5. The zero-order valence-electron chi connectivity index (χ0n) is 13.0. The maximum atomic E-state index is 13.0. The fourth-order valence-corrected chi connectivity index (χ4v) is 3.21. The molecule has 0 saturated heterocycles. The molecule has 134 valence electrons. The van der Waals surface area contributed by atoms with E-state index < -0.39 is 21.7 Å². The second-order valence-electron chi connectivity index (χ2n) is 5.13. The summed E-state index contributed by atoms with van der Waals surface area (Å²) in [4.78, 5) is 0.0320. The second kappa shape index (κ2) is 7.24. The van der Waals surface area contributed by atoms with Crippen LogP contribution in [0.2, 0.25) is 0 Å². The van der Waals surface area contributed by atoms with Crippen LogP contribution in [-0.2, 0) is 10.0 Å². The molecule has 0 fully saturated rings. The molecule has 0 unspecified atom stereocenters. The highest BCUT2D eigenvalue weighted by Gasteiger charge is 2.19. The third kappa shape index (κ3) is 4.18. The maximum Gasteiger partial charge on any atom is 0.240 e. The third-order valence-corrected chi connectivity index (χ3v) is 4.84. The van der Waals surface area contributed by atoms with Crippen LogP contribution in [0.3, 0.4) is 0 Å². The molecule has 2 aromatic carbocycles. The van der Waals surface area contributed by atoms with Gasteiger partial charge in [0, 0.05) is 18.7 Å². The van der Waals surface area contributed by atoms with Crippen molar-refractivity contribution in [1.82, 2.24) is 4.72 Å². The first-order chi connectivity index (χ1) is 12.0. The van der Waals surface area contributed by atoms with Crippen LogP contribution >= 0.6 is 0 Å². The first kappa shape index (κ1) is 17.4. The van der Waals surface area contributed by atoms with Crippen molar-refractivity contribution in [2.75, 3.05) is 26.4 Å². The van der Waals surface area contributed by atoms with Gasteiger partial charge in [0.2, 0.25) is 10.0 Å². The normalized spacial score (nSPS) is 13.5. The highest BCUT2D eigenvalue weighted by molar-refractivity contribution is 7.89. The van der Waals surface area contributed by atoms with Gasteiger partial charge in [-0.3, -0.25) is 0 Å². The lowest BCUT2D eigenvalue weighted by Crippen LogP contribution is -2.28. The summed E-state index contributed by atoms with van der Waals surface area (Å²) >= 11 is 0. The monoisotopic (exact) mass is 371 g/mol. The Morgan fingerprint density at radius 1 is 1.00 bits per heavy atom. The van der Waals surface area contributed by atoms with Crippen LogP contribution < -0.4 is 18.9 Å². The van der Waals surface area contributed by atoms with Crippen LogP contribution in [0.1, 0.15) is 0 Å². The number of hydrogen-bond donors (Lipinski definition) is 1. The molecule has 1 N–H and O–H groups in total. The Hall–Kier alpha value is -2.39. The van der Waals surface area contributed by atoms with Gasteiger partial charge in [0.15, 0.2) is 23.1 Å². The molecule has 0 spiro atoms. The first-order valence-electron chi connectivity index (χ1n) is 7.43. The van der Waals surface area contributed by atoms with E-state index in [1.807, 2.05) is 0 Å². The Kier molecular flexibility index (Phi) is 5.05. The van der Waals surface area contributed by atoms with Crippen molar-refractivity contribution in [3.63, 3.8) is 0 Å². The second-order valence-corrected chi connectivity index (χ2v) is 6.89. The number of sulfonamides is 1. The Balaban J connectivity index is 1.57. The van der Waals surface area contributed by atoms with E-state index in [0.717, 1.165) is 12.1 Å². The average Bonchev–Trinajstić information content (AvgIpc) is 2.61. The molecule has 6 nitrogen and oxygen atoms in total. The van der Waals surface area contributed by atoms with Crippen LogP contribution in [0, 0.1) is 11.6 Å². The lowest BCUT2D eigenvalue weighted by molar-refractivity contribution is 0.171. The van der Waals surface area contributed by atoms with Crippen molar-refractivity contribution in [3.05, 3.63) is 48.0 Å². The minimum Gasteiger partial charge on any atom is -0.492 e. The van der Waals surface area contributed by atoms with Gasteiger partial charge in [0.05, 0.1) is 4.90 Å². The van der Waals surface area contributed by atoms with Gasteiger partial charge in [0.25, 0.3) is 0 Å². The summed E-state index contributed by atoms with van der Waals surface area (Å²) in [6.45, 7) is 0.676. The highest BCUT2D eigenvalue weighted by atomic mass is 32.2. The van der Waals surface area contributed by atoms with E-state index in [9.17, 15) is 17.2 Å². The zero-order chi connectivity index (χ0) is 17.9. The topological polar surface area (TPSA) is 73.9 Å². The molecule has 9 heteroatoms. The van der Waals surface area contributed by atoms with Crippen molar-refractivity contribution in [1.29, 1.82) is 0 Å². The Morgan fingerprint density at radius 2 is 1.76 bits per heavy atom. The molecule has 0 aliphatic carbocycles. The molecule has 0 atom stereocenters. The first-order valence-corrected chi connectivity index (χ1v) is 8.91. The summed E-state index contributed by atoms with van der Waals surface area (Å²) in [6, 6.07) is 7.41. The summed E-state index contributed by atoms with van der Waals surface area (Å²) in [5, 5.41) is 0. The molecule has 2 aromatic rings. The van der Waals surface area contributed by atoms with Gasteiger partial charge in [-0.05, 0) is 24.3 Å². The quantitative estimate of drug-likeness (QED) is 0.787. The van der Waals surface area contributed by atoms with Crippen LogP contribution in [0.15, 0.2) is 41.3 Å². The van der Waals surface area contributed by atoms with E-state index in [2.05, 4.69) is 4.72 Å². The summed E-state index contributed by atoms with van der Waals surface area (Å²) in [5.74, 6) is -1.04. The molecule has 0 saturated carbocycles. The van der Waals surface area contributed by atoms with E-state index in [1.54, 1.807) is 0 Å². The van der Waals surface area contributed by atoms with Gasteiger partial charge in [-0.15, -0.1) is 0 Å². The van der Waals surface area contributed by atoms with Crippen LogP contribution in [-0.4, -0.2) is 34.8 Å². The lowest BCUT2D eigenvalue weighted by atomic mass is 10.3. The van der Waals surface area contributed by atoms with Crippen molar-refractivity contribution in [2.45, 2.75) is 4.90 Å². The molecule has 25 heavy (non-hydrogen) atoms. The minimum absolute atomic E-state index is 0.0320. The molecule has 0 bridgehead atoms. The van der Waals surface area contributed by atoms with E-state index in [0.29, 0.717) is 24.7 Å². The number of rotatable bonds is 6. The SMILES string of the molecule is O=S(=O)(NCCOc1ccc(F)c(F)c1)c1ccc2c(c1)OCCO2. The standard InChI is InChI=1S/C16H15F2NO5S/c17-13-3-1-11(9-14(13)18)22-6-5-19-25(20,21)12-2-4-15-16(10-12)24-8-7-23-15/h1-4,9-10,19H,5-8H2. The predicted octanol–water partition coefficient (Wildman–Crippen LogP) is 2.09. The van der Waals surface area contributed by atoms with Crippen molar-refractivity contribution in [3.8, 4) is 17.2 Å². The number of fused-ring (bicyclic) bond motifs is 1. The smallest absolute Gasteiger partial charge is 0.240 e. The van der Waals surface area contributed by atoms with Gasteiger partial charge in [-0.25, -0.2) is 21.9 Å². The Morgan fingerprint density at radius 3 is 2.52 bits per heavy atom. The third-order valence-electron chi connectivity index (χ3n) is 3.38. The molecule has 0 amide bonds. The molecule has 1 heterocycles. The van der Waals surface area contributed by atoms with E-state index in [4.69, 9.17) is 14.2 Å². The number of benzene rings is 2. The minimum atomic E-state index is -3.76. The lowest BCUT2D eigenvalue weighted by Gasteiger charge is -2.19. The summed E-state index contributed by atoms with van der Waals surface area (Å²) in [5.41, 5.74) is 0. The van der Waals surface area contributed by atoms with Gasteiger partial charge < -0.3 is 14.2 Å². The van der Waals surface area contributed by atoms with Gasteiger partial charge in [-0.2, -0.15) is 0 Å². The zero-order valence-corrected chi connectivity index (χ0v) is 13.8. The summed E-state index contributed by atoms with van der Waals surface area (Å²) in [6.07, 6.45) is 0. The van der Waals surface area contributed by atoms with Crippen molar-refractivity contribution in [2.24, 2.45) is 0 Å². The van der Waals surface area contributed by atoms with Gasteiger partial charge in [0.1, 0.15) is 25.6 Å². The van der Waals surface area contributed by atoms with E-state index in [-0.39, 0.29) is 23.8 Å². The summed E-state index contributed by atoms with van der Waals surface area (Å²) < 4.78 is 68.6. The molecule has 0 radical (unpaired) electrons. The van der Waals surface area contributed by atoms with Crippen LogP contribution in [0.25, 0.3) is 0 Å². The maximum absolute atomic E-state index is 13.0. The fourth-order valence-electron chi connectivity index (χ4n) is 2.19. The molecular weight excluding hydrogens is 356 g/mol. The molecule has 1 aliphatic rings. The predicted molar refractivity (Wildman–Crippen MR) is 84.5 cm³/mol. The Labute approximate surface area is 143 Å². The van der Waals surface area contributed by atoms with E-state index in [1.165, 1.54) is 24.3 Å². The fraction of sp³-hybridized carbons (Fsp3) is 0.250.